The third-order valence-electron chi connectivity index (χ3n) is 2.41. The van der Waals surface area contributed by atoms with Gasteiger partial charge in [0.05, 0.1) is 12.6 Å². The summed E-state index contributed by atoms with van der Waals surface area (Å²) in [5, 5.41) is 12.4. The number of carbonyl (C=O) groups excluding carboxylic acids is 1. The first-order valence-corrected chi connectivity index (χ1v) is 5.75. The predicted molar refractivity (Wildman–Crippen MR) is 61.3 cm³/mol. The normalized spacial score (nSPS) is 22.8. The van der Waals surface area contributed by atoms with E-state index >= 15 is 0 Å². The molecule has 0 spiro atoms. The quantitative estimate of drug-likeness (QED) is 0.691. The Hall–Kier alpha value is -0.810. The molecule has 1 fully saturated rings. The maximum atomic E-state index is 11.9. The highest BCUT2D eigenvalue weighted by atomic mass is 16.6. The molecule has 1 heterocycles. The highest BCUT2D eigenvalue weighted by molar-refractivity contribution is 5.68. The second kappa shape index (κ2) is 5.50. The van der Waals surface area contributed by atoms with E-state index in [1.807, 2.05) is 20.8 Å². The minimum Gasteiger partial charge on any atom is -0.444 e. The fourth-order valence-corrected chi connectivity index (χ4v) is 1.66. The van der Waals surface area contributed by atoms with Crippen molar-refractivity contribution in [1.82, 2.24) is 10.2 Å². The summed E-state index contributed by atoms with van der Waals surface area (Å²) in [6.45, 7) is 7.61. The minimum atomic E-state index is -0.489. The maximum Gasteiger partial charge on any atom is 0.410 e. The number of rotatable bonds is 1. The second-order valence-electron chi connectivity index (χ2n) is 5.07. The first kappa shape index (κ1) is 13.3. The zero-order valence-corrected chi connectivity index (χ0v) is 10.3. The first-order valence-electron chi connectivity index (χ1n) is 5.75. The van der Waals surface area contributed by atoms with Crippen molar-refractivity contribution in [2.75, 3.05) is 26.2 Å². The molecule has 1 saturated heterocycles. The number of aliphatic hydroxyl groups is 1. The van der Waals surface area contributed by atoms with Crippen LogP contribution in [0, 0.1) is 0 Å². The van der Waals surface area contributed by atoms with Crippen LogP contribution in [-0.2, 0) is 4.74 Å². The van der Waals surface area contributed by atoms with Crippen molar-refractivity contribution in [1.29, 1.82) is 0 Å². The van der Waals surface area contributed by atoms with Gasteiger partial charge in [-0.2, -0.15) is 0 Å². The number of nitrogens with one attached hydrogen (secondary N) is 1. The fraction of sp³-hybridized carbons (Fsp3) is 0.909. The predicted octanol–water partition coefficient (Wildman–Crippen LogP) is 0.578. The van der Waals surface area contributed by atoms with Crippen molar-refractivity contribution >= 4 is 6.09 Å². The standard InChI is InChI=1S/C11H22N2O3/c1-11(2,3)16-10(15)13-6-4-5-12-7-9(13)8-14/h9,12,14H,4-8H2,1-3H3/t9-/m1/s1. The zero-order chi connectivity index (χ0) is 12.2. The Morgan fingerprint density at radius 1 is 1.56 bits per heavy atom. The van der Waals surface area contributed by atoms with Crippen molar-refractivity contribution in [2.45, 2.75) is 38.8 Å². The second-order valence-corrected chi connectivity index (χ2v) is 5.07. The molecule has 0 aromatic heterocycles. The van der Waals surface area contributed by atoms with Gasteiger partial charge in [0.2, 0.25) is 0 Å². The van der Waals surface area contributed by atoms with E-state index in [2.05, 4.69) is 5.32 Å². The molecule has 0 saturated carbocycles. The van der Waals surface area contributed by atoms with Crippen molar-refractivity contribution in [3.05, 3.63) is 0 Å². The summed E-state index contributed by atoms with van der Waals surface area (Å²) in [7, 11) is 0. The molecule has 0 unspecified atom stereocenters. The molecule has 1 rings (SSSR count). The lowest BCUT2D eigenvalue weighted by Crippen LogP contribution is -2.47. The van der Waals surface area contributed by atoms with E-state index in [0.717, 1.165) is 13.0 Å². The van der Waals surface area contributed by atoms with Gasteiger partial charge in [0.15, 0.2) is 0 Å². The minimum absolute atomic E-state index is 0.0355. The number of amides is 1. The number of ether oxygens (including phenoxy) is 1. The molecular weight excluding hydrogens is 208 g/mol. The fourth-order valence-electron chi connectivity index (χ4n) is 1.66. The molecule has 0 radical (unpaired) electrons. The molecule has 1 amide bonds. The molecule has 94 valence electrons. The van der Waals surface area contributed by atoms with Crippen LogP contribution in [0.15, 0.2) is 0 Å². The van der Waals surface area contributed by atoms with Crippen molar-refractivity contribution in [3.8, 4) is 0 Å². The molecule has 5 nitrogen and oxygen atoms in total. The van der Waals surface area contributed by atoms with Crippen LogP contribution in [0.2, 0.25) is 0 Å². The number of nitrogens with zero attached hydrogens (tertiary/aromatic N) is 1. The summed E-state index contributed by atoms with van der Waals surface area (Å²) in [6.07, 6.45) is 0.547. The van der Waals surface area contributed by atoms with Crippen LogP contribution in [0.3, 0.4) is 0 Å². The molecule has 0 bridgehead atoms. The molecule has 5 heteroatoms. The van der Waals surface area contributed by atoms with Gasteiger partial charge in [-0.25, -0.2) is 4.79 Å². The Balaban J connectivity index is 2.63. The largest absolute Gasteiger partial charge is 0.444 e. The van der Waals surface area contributed by atoms with Crippen LogP contribution in [0.4, 0.5) is 4.79 Å². The summed E-state index contributed by atoms with van der Waals surface area (Å²) in [4.78, 5) is 13.5. The van der Waals surface area contributed by atoms with E-state index in [1.165, 1.54) is 0 Å². The van der Waals surface area contributed by atoms with Gasteiger partial charge in [0.25, 0.3) is 0 Å². The van der Waals surface area contributed by atoms with Crippen LogP contribution >= 0.6 is 0 Å². The summed E-state index contributed by atoms with van der Waals surface area (Å²) in [6, 6.07) is -0.183. The summed E-state index contributed by atoms with van der Waals surface area (Å²) < 4.78 is 5.31. The van der Waals surface area contributed by atoms with Gasteiger partial charge in [-0.1, -0.05) is 0 Å². The molecule has 16 heavy (non-hydrogen) atoms. The van der Waals surface area contributed by atoms with E-state index in [9.17, 15) is 9.90 Å². The molecule has 1 aliphatic rings. The third kappa shape index (κ3) is 3.98. The monoisotopic (exact) mass is 230 g/mol. The van der Waals surface area contributed by atoms with E-state index < -0.39 is 5.60 Å². The van der Waals surface area contributed by atoms with Gasteiger partial charge in [0, 0.05) is 13.1 Å². The Morgan fingerprint density at radius 3 is 2.81 bits per heavy atom. The van der Waals surface area contributed by atoms with E-state index in [1.54, 1.807) is 4.90 Å². The van der Waals surface area contributed by atoms with Crippen molar-refractivity contribution in [2.24, 2.45) is 0 Å². The highest BCUT2D eigenvalue weighted by Crippen LogP contribution is 2.13. The Bertz CT molecular complexity index is 238. The number of aliphatic hydroxyl groups excluding tert-OH is 1. The molecule has 0 aromatic rings. The zero-order valence-electron chi connectivity index (χ0n) is 10.3. The van der Waals surface area contributed by atoms with Crippen LogP contribution < -0.4 is 5.32 Å². The summed E-state index contributed by atoms with van der Waals surface area (Å²) in [5.41, 5.74) is -0.489. The van der Waals surface area contributed by atoms with Crippen LogP contribution in [-0.4, -0.2) is 54.0 Å². The highest BCUT2D eigenvalue weighted by Gasteiger charge is 2.28. The van der Waals surface area contributed by atoms with E-state index in [0.29, 0.717) is 13.1 Å². The van der Waals surface area contributed by atoms with Crippen LogP contribution in [0.1, 0.15) is 27.2 Å². The Kier molecular flexibility index (Phi) is 4.56. The topological polar surface area (TPSA) is 61.8 Å². The van der Waals surface area contributed by atoms with Crippen LogP contribution in [0.5, 0.6) is 0 Å². The maximum absolute atomic E-state index is 11.9. The molecule has 1 aliphatic heterocycles. The smallest absolute Gasteiger partial charge is 0.410 e. The molecule has 1 atom stereocenters. The lowest BCUT2D eigenvalue weighted by molar-refractivity contribution is 0.0115. The lowest BCUT2D eigenvalue weighted by atomic mass is 10.2. The number of hydrogen-bond acceptors (Lipinski definition) is 4. The van der Waals surface area contributed by atoms with Gasteiger partial charge in [0.1, 0.15) is 5.60 Å². The third-order valence-corrected chi connectivity index (χ3v) is 2.41. The summed E-state index contributed by atoms with van der Waals surface area (Å²) >= 11 is 0. The van der Waals surface area contributed by atoms with Gasteiger partial charge < -0.3 is 20.1 Å². The molecule has 0 aliphatic carbocycles. The van der Waals surface area contributed by atoms with Gasteiger partial charge in [-0.05, 0) is 33.7 Å². The van der Waals surface area contributed by atoms with Gasteiger partial charge >= 0.3 is 6.09 Å². The van der Waals surface area contributed by atoms with E-state index in [-0.39, 0.29) is 18.7 Å². The average molecular weight is 230 g/mol. The van der Waals surface area contributed by atoms with Crippen LogP contribution in [0.25, 0.3) is 0 Å². The Morgan fingerprint density at radius 2 is 2.25 bits per heavy atom. The van der Waals surface area contributed by atoms with Crippen molar-refractivity contribution in [3.63, 3.8) is 0 Å². The summed E-state index contributed by atoms with van der Waals surface area (Å²) in [5.74, 6) is 0. The Labute approximate surface area is 96.8 Å². The van der Waals surface area contributed by atoms with E-state index in [4.69, 9.17) is 4.74 Å². The first-order chi connectivity index (χ1) is 7.44. The molecular formula is C11H22N2O3. The average Bonchev–Trinajstić information content (AvgIpc) is 2.39. The lowest BCUT2D eigenvalue weighted by Gasteiger charge is -2.31. The van der Waals surface area contributed by atoms with Gasteiger partial charge in [-0.3, -0.25) is 0 Å². The number of carbonyl (C=O) groups is 1. The van der Waals surface area contributed by atoms with Gasteiger partial charge in [-0.15, -0.1) is 0 Å². The molecule has 2 N–H and O–H groups in total. The SMILES string of the molecule is CC(C)(C)OC(=O)N1CCCNC[C@@H]1CO. The molecule has 0 aromatic carbocycles. The number of hydrogen-bond donors (Lipinski definition) is 2. The van der Waals surface area contributed by atoms with Crippen molar-refractivity contribution < 1.29 is 14.6 Å².